The third-order valence-electron chi connectivity index (χ3n) is 5.90. The summed E-state index contributed by atoms with van der Waals surface area (Å²) in [5.74, 6) is -0.0522. The molecule has 1 amide bonds. The van der Waals surface area contributed by atoms with Gasteiger partial charge in [0.25, 0.3) is 5.91 Å². The van der Waals surface area contributed by atoms with Crippen LogP contribution < -0.4 is 15.0 Å². The molecule has 0 aliphatic heterocycles. The first kappa shape index (κ1) is 26.8. The second-order valence-corrected chi connectivity index (χ2v) is 9.57. The first-order valence-corrected chi connectivity index (χ1v) is 12.4. The van der Waals surface area contributed by atoms with E-state index in [1.54, 1.807) is 24.3 Å². The lowest BCUT2D eigenvalue weighted by atomic mass is 10.0. The van der Waals surface area contributed by atoms with E-state index in [4.69, 9.17) is 9.84 Å². The van der Waals surface area contributed by atoms with Crippen LogP contribution in [0.2, 0.25) is 0 Å². The van der Waals surface area contributed by atoms with Crippen LogP contribution in [0.25, 0.3) is 0 Å². The number of anilines is 2. The zero-order valence-electron chi connectivity index (χ0n) is 21.6. The Morgan fingerprint density at radius 2 is 1.69 bits per heavy atom. The molecule has 0 saturated heterocycles. The molecule has 3 rings (SSSR count). The minimum absolute atomic E-state index is 0.0263. The number of ether oxygens (including phenoxy) is 1. The number of benzene rings is 3. The Kier molecular flexibility index (Phi) is 9.51. The van der Waals surface area contributed by atoms with Gasteiger partial charge in [-0.15, -0.1) is 0 Å². The van der Waals surface area contributed by atoms with Gasteiger partial charge >= 0.3 is 5.97 Å². The van der Waals surface area contributed by atoms with E-state index < -0.39 is 5.97 Å². The number of hydrogen-bond acceptors (Lipinski definition) is 4. The molecular formula is C30H36N2O4. The second-order valence-electron chi connectivity index (χ2n) is 9.57. The van der Waals surface area contributed by atoms with Crippen LogP contribution in [0.4, 0.5) is 11.4 Å². The molecule has 0 aromatic heterocycles. The summed E-state index contributed by atoms with van der Waals surface area (Å²) in [6.07, 6.45) is 1.48. The van der Waals surface area contributed by atoms with Gasteiger partial charge in [0.1, 0.15) is 5.75 Å². The number of nitrogens with one attached hydrogen (secondary N) is 1. The van der Waals surface area contributed by atoms with Gasteiger partial charge in [0.2, 0.25) is 0 Å². The van der Waals surface area contributed by atoms with Gasteiger partial charge in [-0.25, -0.2) is 0 Å². The molecule has 6 nitrogen and oxygen atoms in total. The van der Waals surface area contributed by atoms with E-state index in [0.29, 0.717) is 23.7 Å². The molecule has 0 aliphatic rings. The normalized spacial score (nSPS) is 10.8. The van der Waals surface area contributed by atoms with Crippen molar-refractivity contribution in [1.82, 2.24) is 0 Å². The number of hydrogen-bond donors (Lipinski definition) is 2. The van der Waals surface area contributed by atoms with Crippen molar-refractivity contribution in [2.75, 3.05) is 23.9 Å². The SMILES string of the molecule is Cc1cc(CN(C)c2ccc(CC(C)C)cc2)ccc1NC(=O)c1ccccc1OCCCC(=O)O. The summed E-state index contributed by atoms with van der Waals surface area (Å²) in [4.78, 5) is 25.9. The molecule has 36 heavy (non-hydrogen) atoms. The van der Waals surface area contributed by atoms with Crippen molar-refractivity contribution in [3.63, 3.8) is 0 Å². The molecule has 0 fully saturated rings. The van der Waals surface area contributed by atoms with Crippen LogP contribution in [0.15, 0.2) is 66.7 Å². The molecule has 0 spiro atoms. The Morgan fingerprint density at radius 3 is 2.36 bits per heavy atom. The van der Waals surface area contributed by atoms with E-state index in [2.05, 4.69) is 61.4 Å². The number of aryl methyl sites for hydroxylation is 1. The van der Waals surface area contributed by atoms with Gasteiger partial charge < -0.3 is 20.1 Å². The molecule has 3 aromatic carbocycles. The molecular weight excluding hydrogens is 452 g/mol. The summed E-state index contributed by atoms with van der Waals surface area (Å²) in [5, 5.41) is 11.8. The Bertz CT molecular complexity index is 1170. The number of carboxylic acid groups (broad SMARTS) is 1. The van der Waals surface area contributed by atoms with Crippen molar-refractivity contribution in [2.45, 2.75) is 46.6 Å². The minimum Gasteiger partial charge on any atom is -0.493 e. The molecule has 0 radical (unpaired) electrons. The molecule has 2 N–H and O–H groups in total. The predicted octanol–water partition coefficient (Wildman–Crippen LogP) is 6.33. The van der Waals surface area contributed by atoms with Crippen LogP contribution in [0.3, 0.4) is 0 Å². The van der Waals surface area contributed by atoms with Gasteiger partial charge in [-0.3, -0.25) is 9.59 Å². The molecule has 3 aromatic rings. The summed E-state index contributed by atoms with van der Waals surface area (Å²) >= 11 is 0. The number of nitrogens with zero attached hydrogens (tertiary/aromatic N) is 1. The summed E-state index contributed by atoms with van der Waals surface area (Å²) in [6.45, 7) is 7.43. The second kappa shape index (κ2) is 12.8. The predicted molar refractivity (Wildman–Crippen MR) is 145 cm³/mol. The Balaban J connectivity index is 1.62. The van der Waals surface area contributed by atoms with Crippen molar-refractivity contribution < 1.29 is 19.4 Å². The van der Waals surface area contributed by atoms with Crippen molar-refractivity contribution in [3.05, 3.63) is 89.0 Å². The van der Waals surface area contributed by atoms with E-state index in [0.717, 1.165) is 35.5 Å². The Labute approximate surface area is 213 Å². The first-order valence-electron chi connectivity index (χ1n) is 12.4. The zero-order valence-corrected chi connectivity index (χ0v) is 21.6. The number of para-hydroxylation sites is 1. The third-order valence-corrected chi connectivity index (χ3v) is 5.90. The third kappa shape index (κ3) is 7.87. The molecule has 0 heterocycles. The van der Waals surface area contributed by atoms with Gasteiger partial charge in [0.05, 0.1) is 12.2 Å². The molecule has 0 bridgehead atoms. The van der Waals surface area contributed by atoms with Crippen LogP contribution in [-0.4, -0.2) is 30.6 Å². The first-order chi connectivity index (χ1) is 17.2. The van der Waals surface area contributed by atoms with Gasteiger partial charge in [-0.1, -0.05) is 50.2 Å². The van der Waals surface area contributed by atoms with Crippen LogP contribution in [-0.2, 0) is 17.8 Å². The summed E-state index contributed by atoms with van der Waals surface area (Å²) in [6, 6.07) is 21.8. The topological polar surface area (TPSA) is 78.9 Å². The van der Waals surface area contributed by atoms with Crippen LogP contribution in [0.5, 0.6) is 5.75 Å². The average molecular weight is 489 g/mol. The smallest absolute Gasteiger partial charge is 0.303 e. The number of amides is 1. The lowest BCUT2D eigenvalue weighted by Gasteiger charge is -2.21. The lowest BCUT2D eigenvalue weighted by Crippen LogP contribution is -2.17. The van der Waals surface area contributed by atoms with Crippen molar-refractivity contribution in [3.8, 4) is 5.75 Å². The fourth-order valence-electron chi connectivity index (χ4n) is 4.06. The van der Waals surface area contributed by atoms with Crippen molar-refractivity contribution in [1.29, 1.82) is 0 Å². The maximum atomic E-state index is 13.0. The number of rotatable bonds is 12. The molecule has 6 heteroatoms. The number of carbonyl (C=O) groups excluding carboxylic acids is 1. The highest BCUT2D eigenvalue weighted by molar-refractivity contribution is 6.06. The summed E-state index contributed by atoms with van der Waals surface area (Å²) < 4.78 is 5.68. The van der Waals surface area contributed by atoms with Gasteiger partial charge in [0, 0.05) is 31.4 Å². The maximum absolute atomic E-state index is 13.0. The Hall–Kier alpha value is -3.80. The quantitative estimate of drug-likeness (QED) is 0.291. The number of carbonyl (C=O) groups is 2. The molecule has 0 unspecified atom stereocenters. The molecule has 190 valence electrons. The van der Waals surface area contributed by atoms with E-state index in [1.807, 2.05) is 19.1 Å². The maximum Gasteiger partial charge on any atom is 0.303 e. The van der Waals surface area contributed by atoms with Crippen LogP contribution in [0.1, 0.15) is 53.7 Å². The Morgan fingerprint density at radius 1 is 1.00 bits per heavy atom. The largest absolute Gasteiger partial charge is 0.493 e. The minimum atomic E-state index is -0.866. The van der Waals surface area contributed by atoms with Gasteiger partial charge in [-0.05, 0) is 72.7 Å². The highest BCUT2D eigenvalue weighted by atomic mass is 16.5. The van der Waals surface area contributed by atoms with Gasteiger partial charge in [0.15, 0.2) is 0 Å². The van der Waals surface area contributed by atoms with E-state index in [1.165, 1.54) is 5.56 Å². The van der Waals surface area contributed by atoms with E-state index in [-0.39, 0.29) is 18.9 Å². The van der Waals surface area contributed by atoms with E-state index in [9.17, 15) is 9.59 Å². The van der Waals surface area contributed by atoms with Crippen LogP contribution >= 0.6 is 0 Å². The van der Waals surface area contributed by atoms with Crippen LogP contribution in [0, 0.1) is 12.8 Å². The fourth-order valence-corrected chi connectivity index (χ4v) is 4.06. The van der Waals surface area contributed by atoms with Gasteiger partial charge in [-0.2, -0.15) is 0 Å². The van der Waals surface area contributed by atoms with E-state index >= 15 is 0 Å². The van der Waals surface area contributed by atoms with Crippen molar-refractivity contribution in [2.24, 2.45) is 5.92 Å². The highest BCUT2D eigenvalue weighted by Crippen LogP contribution is 2.24. The summed E-state index contributed by atoms with van der Waals surface area (Å²) in [7, 11) is 2.08. The standard InChI is InChI=1S/C30H36N2O4/c1-21(2)18-23-11-14-25(15-12-23)32(4)20-24-13-16-27(22(3)19-24)31-30(35)26-8-5-6-9-28(26)36-17-7-10-29(33)34/h5-6,8-9,11-16,19,21H,7,10,17-18,20H2,1-4H3,(H,31,35)(H,33,34). The average Bonchev–Trinajstić information content (AvgIpc) is 2.83. The fraction of sp³-hybridized carbons (Fsp3) is 0.333. The lowest BCUT2D eigenvalue weighted by molar-refractivity contribution is -0.137. The zero-order chi connectivity index (χ0) is 26.1. The number of aliphatic carboxylic acids is 1. The monoisotopic (exact) mass is 488 g/mol. The molecule has 0 aliphatic carbocycles. The highest BCUT2D eigenvalue weighted by Gasteiger charge is 2.14. The summed E-state index contributed by atoms with van der Waals surface area (Å²) in [5.41, 5.74) is 5.80. The molecule has 0 saturated carbocycles. The van der Waals surface area contributed by atoms with Crippen molar-refractivity contribution >= 4 is 23.3 Å². The number of carboxylic acids is 1. The molecule has 0 atom stereocenters.